The number of nitrogens with zero attached hydrogens (tertiary/aromatic N) is 2. The molecule has 80 valence electrons. The van der Waals surface area contributed by atoms with Crippen LogP contribution in [0.15, 0.2) is 18.5 Å². The second-order valence-electron chi connectivity index (χ2n) is 3.46. The molecule has 0 aliphatic carbocycles. The number of pyridine rings is 1. The Labute approximate surface area is 98.7 Å². The Hall–Kier alpha value is -0.820. The zero-order valence-electron chi connectivity index (χ0n) is 8.62. The van der Waals surface area contributed by atoms with Crippen LogP contribution in [0.2, 0.25) is 0 Å². The third-order valence-corrected chi connectivity index (χ3v) is 3.18. The van der Waals surface area contributed by atoms with Gasteiger partial charge in [0.25, 0.3) is 0 Å². The van der Waals surface area contributed by atoms with E-state index in [1.54, 1.807) is 6.20 Å². The molecule has 0 bridgehead atoms. The maximum Gasteiger partial charge on any atom is 0.237 e. The number of hydrogen-bond acceptors (Lipinski definition) is 2. The number of fused-ring (bicyclic) bond motifs is 1. The molecule has 0 saturated heterocycles. The summed E-state index contributed by atoms with van der Waals surface area (Å²) in [5.41, 5.74) is 4.44. The van der Waals surface area contributed by atoms with E-state index in [9.17, 15) is 3.07 Å². The average Bonchev–Trinajstić information content (AvgIpc) is 2.66. The molecular formula is C10H12IN3O. The molecule has 0 atom stereocenters. The molecule has 2 heterocycles. The van der Waals surface area contributed by atoms with Gasteiger partial charge in [0, 0.05) is 30.2 Å². The molecule has 15 heavy (non-hydrogen) atoms. The predicted octanol–water partition coefficient (Wildman–Crippen LogP) is 2.27. The van der Waals surface area contributed by atoms with Gasteiger partial charge in [-0.1, -0.05) is 0 Å². The molecule has 2 aromatic rings. The molecule has 0 saturated carbocycles. The molecule has 0 aliphatic rings. The summed E-state index contributed by atoms with van der Waals surface area (Å²) < 4.78 is 15.5. The van der Waals surface area contributed by atoms with E-state index in [4.69, 9.17) is 0 Å². The van der Waals surface area contributed by atoms with Gasteiger partial charge < -0.3 is 4.40 Å². The van der Waals surface area contributed by atoms with Crippen molar-refractivity contribution < 1.29 is 3.07 Å². The summed E-state index contributed by atoms with van der Waals surface area (Å²) in [6.07, 6.45) is 3.73. The summed E-state index contributed by atoms with van der Waals surface area (Å²) in [5.74, 6) is 0. The molecule has 0 aliphatic heterocycles. The topological polar surface area (TPSA) is 46.4 Å². The van der Waals surface area contributed by atoms with Crippen LogP contribution < -0.4 is 3.53 Å². The van der Waals surface area contributed by atoms with E-state index in [1.165, 1.54) is 11.3 Å². The Bertz CT molecular complexity index is 507. The smallest absolute Gasteiger partial charge is 0.237 e. The van der Waals surface area contributed by atoms with Crippen LogP contribution in [-0.2, 0) is 9.61 Å². The van der Waals surface area contributed by atoms with E-state index < -0.39 is 21.5 Å². The lowest BCUT2D eigenvalue weighted by atomic mass is 10.1. The van der Waals surface area contributed by atoms with Crippen molar-refractivity contribution in [3.05, 3.63) is 35.3 Å². The van der Waals surface area contributed by atoms with Gasteiger partial charge in [-0.05, 0) is 25.5 Å². The first-order valence-electron chi connectivity index (χ1n) is 4.65. The third kappa shape index (κ3) is 1.93. The van der Waals surface area contributed by atoms with Crippen LogP contribution in [0.3, 0.4) is 0 Å². The van der Waals surface area contributed by atoms with E-state index in [-0.39, 0.29) is 0 Å². The summed E-state index contributed by atoms with van der Waals surface area (Å²) in [4.78, 5) is 4.33. The lowest BCUT2D eigenvalue weighted by Gasteiger charge is -2.09. The predicted molar refractivity (Wildman–Crippen MR) is 66.2 cm³/mol. The lowest BCUT2D eigenvalue weighted by molar-refractivity contribution is 0.645. The van der Waals surface area contributed by atoms with Crippen molar-refractivity contribution in [2.24, 2.45) is 0 Å². The van der Waals surface area contributed by atoms with Gasteiger partial charge in [0.15, 0.2) is 0 Å². The van der Waals surface area contributed by atoms with E-state index in [1.807, 2.05) is 10.6 Å². The van der Waals surface area contributed by atoms with Crippen LogP contribution in [0, 0.1) is 13.8 Å². The molecule has 4 nitrogen and oxygen atoms in total. The molecular weight excluding hydrogens is 305 g/mol. The van der Waals surface area contributed by atoms with Crippen LogP contribution in [-0.4, -0.2) is 9.38 Å². The molecule has 0 radical (unpaired) electrons. The Kier molecular flexibility index (Phi) is 3.11. The molecule has 2 rings (SSSR count). The monoisotopic (exact) mass is 317 g/mol. The zero-order valence-corrected chi connectivity index (χ0v) is 10.8. The van der Waals surface area contributed by atoms with Crippen molar-refractivity contribution in [1.29, 1.82) is 0 Å². The largest absolute Gasteiger partial charge is 0.304 e. The van der Waals surface area contributed by atoms with Gasteiger partial charge in [0.05, 0.1) is 0 Å². The first kappa shape index (κ1) is 10.7. The maximum absolute atomic E-state index is 10.5. The van der Waals surface area contributed by atoms with Gasteiger partial charge in [-0.15, -0.1) is 0 Å². The number of nitrogens with one attached hydrogen (secondary N) is 1. The van der Waals surface area contributed by atoms with Crippen LogP contribution in [0.1, 0.15) is 16.8 Å². The molecule has 2 aromatic heterocycles. The van der Waals surface area contributed by atoms with Gasteiger partial charge in [0.1, 0.15) is 5.65 Å². The van der Waals surface area contributed by atoms with Crippen LogP contribution in [0.5, 0.6) is 0 Å². The molecule has 5 heteroatoms. The third-order valence-electron chi connectivity index (χ3n) is 2.49. The summed E-state index contributed by atoms with van der Waals surface area (Å²) in [5, 5.41) is 0. The number of halogens is 1. The molecule has 1 N–H and O–H groups in total. The minimum Gasteiger partial charge on any atom is -0.304 e. The van der Waals surface area contributed by atoms with Crippen molar-refractivity contribution in [2.75, 3.05) is 0 Å². The number of aryl methyl sites for hydroxylation is 2. The number of imidazole rings is 1. The highest BCUT2D eigenvalue weighted by atomic mass is 127. The molecule has 0 unspecified atom stereocenters. The van der Waals surface area contributed by atoms with Crippen molar-refractivity contribution in [2.45, 2.75) is 20.4 Å². The van der Waals surface area contributed by atoms with Crippen molar-refractivity contribution in [3.63, 3.8) is 0 Å². The minimum atomic E-state index is -1.12. The van der Waals surface area contributed by atoms with Crippen LogP contribution >= 0.6 is 21.5 Å². The Morgan fingerprint density at radius 2 is 2.33 bits per heavy atom. The SMILES string of the molecule is Cc1cc(C)n2ccnc2c1CNI=O. The highest BCUT2D eigenvalue weighted by Gasteiger charge is 2.07. The highest BCUT2D eigenvalue weighted by molar-refractivity contribution is 14.1. The average molecular weight is 317 g/mol. The first-order chi connectivity index (χ1) is 7.24. The van der Waals surface area contributed by atoms with E-state index in [2.05, 4.69) is 28.4 Å². The van der Waals surface area contributed by atoms with Crippen molar-refractivity contribution in [3.8, 4) is 0 Å². The van der Waals surface area contributed by atoms with Gasteiger partial charge in [-0.25, -0.2) is 8.51 Å². The van der Waals surface area contributed by atoms with Crippen molar-refractivity contribution in [1.82, 2.24) is 12.9 Å². The molecule has 0 fully saturated rings. The number of aromatic nitrogens is 2. The van der Waals surface area contributed by atoms with Gasteiger partial charge in [-0.3, -0.25) is 3.07 Å². The zero-order chi connectivity index (χ0) is 10.8. The van der Waals surface area contributed by atoms with Gasteiger partial charge >= 0.3 is 0 Å². The standard InChI is InChI=1S/C10H12IN3O/c1-7-5-8(2)14-4-3-12-10(14)9(7)6-13-11-15/h3-5H,6H2,1-2H3,(H,13,15). The summed E-state index contributed by atoms with van der Waals surface area (Å²) in [6.45, 7) is 4.74. The second-order valence-corrected chi connectivity index (χ2v) is 4.66. The molecule has 0 spiro atoms. The summed E-state index contributed by atoms with van der Waals surface area (Å²) in [7, 11) is 0. The van der Waals surface area contributed by atoms with E-state index in [0.717, 1.165) is 11.2 Å². The second kappa shape index (κ2) is 4.36. The van der Waals surface area contributed by atoms with E-state index in [0.29, 0.717) is 6.54 Å². The van der Waals surface area contributed by atoms with E-state index >= 15 is 0 Å². The van der Waals surface area contributed by atoms with Gasteiger partial charge in [-0.2, -0.15) is 0 Å². The maximum atomic E-state index is 10.5. The number of rotatable bonds is 3. The fourth-order valence-corrected chi connectivity index (χ4v) is 2.31. The van der Waals surface area contributed by atoms with Gasteiger partial charge in [0.2, 0.25) is 21.5 Å². The molecule has 0 aromatic carbocycles. The molecule has 0 amide bonds. The quantitative estimate of drug-likeness (QED) is 0.698. The Morgan fingerprint density at radius 3 is 3.07 bits per heavy atom. The Balaban J connectivity index is 2.60. The van der Waals surface area contributed by atoms with Crippen LogP contribution in [0.25, 0.3) is 5.65 Å². The highest BCUT2D eigenvalue weighted by Crippen LogP contribution is 2.17. The fraction of sp³-hybridized carbons (Fsp3) is 0.300. The lowest BCUT2D eigenvalue weighted by Crippen LogP contribution is -2.05. The first-order valence-corrected chi connectivity index (χ1v) is 6.61. The minimum absolute atomic E-state index is 0.628. The summed E-state index contributed by atoms with van der Waals surface area (Å²) >= 11 is -1.12. The van der Waals surface area contributed by atoms with Crippen LogP contribution in [0.4, 0.5) is 0 Å². The van der Waals surface area contributed by atoms with Crippen molar-refractivity contribution >= 4 is 27.1 Å². The Morgan fingerprint density at radius 1 is 1.53 bits per heavy atom. The normalized spacial score (nSPS) is 11.1. The fourth-order valence-electron chi connectivity index (χ4n) is 1.77. The number of hydrogen-bond donors (Lipinski definition) is 1. The summed E-state index contributed by atoms with van der Waals surface area (Å²) in [6, 6.07) is 2.12.